The number of thioether (sulfide) groups is 1. The van der Waals surface area contributed by atoms with Crippen molar-refractivity contribution in [3.8, 4) is 11.4 Å². The highest BCUT2D eigenvalue weighted by Gasteiger charge is 2.16. The summed E-state index contributed by atoms with van der Waals surface area (Å²) in [7, 11) is 1.82. The molecule has 0 aromatic carbocycles. The molecule has 6 nitrogen and oxygen atoms in total. The highest BCUT2D eigenvalue weighted by molar-refractivity contribution is 7.99. The summed E-state index contributed by atoms with van der Waals surface area (Å²) in [5, 5.41) is 8.15. The van der Waals surface area contributed by atoms with E-state index in [0.717, 1.165) is 17.1 Å². The molecule has 0 fully saturated rings. The molecule has 2 N–H and O–H groups in total. The number of aryl methyl sites for hydroxylation is 1. The van der Waals surface area contributed by atoms with Gasteiger partial charge in [0.2, 0.25) is 0 Å². The van der Waals surface area contributed by atoms with Gasteiger partial charge >= 0.3 is 0 Å². The molecule has 0 saturated heterocycles. The smallest absolute Gasteiger partial charge is 0.133 e. The molecule has 0 spiro atoms. The normalized spacial score (nSPS) is 12.6. The fourth-order valence-electron chi connectivity index (χ4n) is 1.52. The molecule has 2 aromatic heterocycles. The van der Waals surface area contributed by atoms with E-state index in [2.05, 4.69) is 27.2 Å². The van der Waals surface area contributed by atoms with Crippen molar-refractivity contribution in [1.82, 2.24) is 25.0 Å². The highest BCUT2D eigenvalue weighted by Crippen LogP contribution is 2.30. The summed E-state index contributed by atoms with van der Waals surface area (Å²) in [5.74, 6) is 0.553. The van der Waals surface area contributed by atoms with Crippen molar-refractivity contribution in [2.24, 2.45) is 12.8 Å². The van der Waals surface area contributed by atoms with Gasteiger partial charge in [-0.2, -0.15) is 0 Å². The van der Waals surface area contributed by atoms with Crippen molar-refractivity contribution in [2.45, 2.75) is 12.2 Å². The van der Waals surface area contributed by atoms with Crippen LogP contribution in [0, 0.1) is 0 Å². The maximum absolute atomic E-state index is 5.54. The van der Waals surface area contributed by atoms with E-state index < -0.39 is 0 Å². The Morgan fingerprint density at radius 2 is 2.18 bits per heavy atom. The third-order valence-electron chi connectivity index (χ3n) is 2.30. The van der Waals surface area contributed by atoms with E-state index in [9.17, 15) is 0 Å². The minimum atomic E-state index is 0.186. The van der Waals surface area contributed by atoms with Crippen molar-refractivity contribution >= 4 is 11.8 Å². The standard InChI is InChI=1S/C10H14N6S/c1-7(17-6-11)9-10(13-4-3-12-9)8-5-16(2)15-14-8/h3-5,7H,6,11H2,1-2H3. The lowest BCUT2D eigenvalue weighted by Gasteiger charge is -2.11. The van der Waals surface area contributed by atoms with Crippen molar-refractivity contribution < 1.29 is 0 Å². The van der Waals surface area contributed by atoms with Crippen molar-refractivity contribution in [2.75, 3.05) is 5.88 Å². The first-order valence-electron chi connectivity index (χ1n) is 5.21. The van der Waals surface area contributed by atoms with Crippen LogP contribution in [-0.2, 0) is 7.05 Å². The second kappa shape index (κ2) is 5.24. The zero-order valence-electron chi connectivity index (χ0n) is 9.74. The Balaban J connectivity index is 2.40. The molecule has 2 rings (SSSR count). The van der Waals surface area contributed by atoms with E-state index in [1.807, 2.05) is 13.2 Å². The van der Waals surface area contributed by atoms with Gasteiger partial charge in [0.1, 0.15) is 11.4 Å². The molecule has 90 valence electrons. The van der Waals surface area contributed by atoms with E-state index in [-0.39, 0.29) is 5.25 Å². The Morgan fingerprint density at radius 3 is 2.82 bits per heavy atom. The number of aromatic nitrogens is 5. The molecule has 0 amide bonds. The zero-order valence-corrected chi connectivity index (χ0v) is 10.6. The quantitative estimate of drug-likeness (QED) is 0.815. The van der Waals surface area contributed by atoms with E-state index in [1.54, 1.807) is 28.8 Å². The van der Waals surface area contributed by atoms with E-state index in [0.29, 0.717) is 5.88 Å². The third kappa shape index (κ3) is 2.62. The van der Waals surface area contributed by atoms with Gasteiger partial charge < -0.3 is 5.73 Å². The summed E-state index contributed by atoms with van der Waals surface area (Å²) >= 11 is 1.62. The predicted molar refractivity (Wildman–Crippen MR) is 67.1 cm³/mol. The summed E-state index contributed by atoms with van der Waals surface area (Å²) in [6, 6.07) is 0. The molecule has 0 aliphatic heterocycles. The van der Waals surface area contributed by atoms with Gasteiger partial charge in [0.15, 0.2) is 0 Å². The van der Waals surface area contributed by atoms with Crippen LogP contribution in [0.3, 0.4) is 0 Å². The molecule has 0 bridgehead atoms. The van der Waals surface area contributed by atoms with Crippen LogP contribution in [0.15, 0.2) is 18.6 Å². The lowest BCUT2D eigenvalue weighted by atomic mass is 10.2. The van der Waals surface area contributed by atoms with Gasteiger partial charge in [0, 0.05) is 30.6 Å². The third-order valence-corrected chi connectivity index (χ3v) is 3.22. The maximum atomic E-state index is 5.54. The van der Waals surface area contributed by atoms with Crippen LogP contribution < -0.4 is 5.73 Å². The summed E-state index contributed by atoms with van der Waals surface area (Å²) in [4.78, 5) is 8.70. The molecule has 1 atom stereocenters. The van der Waals surface area contributed by atoms with Gasteiger partial charge in [-0.1, -0.05) is 5.21 Å². The summed E-state index contributed by atoms with van der Waals surface area (Å²) in [5.41, 5.74) is 7.94. The fourth-order valence-corrected chi connectivity index (χ4v) is 2.14. The zero-order chi connectivity index (χ0) is 12.3. The largest absolute Gasteiger partial charge is 0.322 e. The minimum absolute atomic E-state index is 0.186. The first-order valence-corrected chi connectivity index (χ1v) is 6.26. The Labute approximate surface area is 104 Å². The second-order valence-corrected chi connectivity index (χ2v) is 4.92. The van der Waals surface area contributed by atoms with Crippen LogP contribution in [0.4, 0.5) is 0 Å². The molecular weight excluding hydrogens is 236 g/mol. The van der Waals surface area contributed by atoms with Gasteiger partial charge in [-0.3, -0.25) is 14.6 Å². The first-order chi connectivity index (χ1) is 8.22. The minimum Gasteiger partial charge on any atom is -0.322 e. The number of nitrogens with two attached hydrogens (primary N) is 1. The molecule has 7 heteroatoms. The lowest BCUT2D eigenvalue weighted by Crippen LogP contribution is -2.03. The van der Waals surface area contributed by atoms with E-state index >= 15 is 0 Å². The predicted octanol–water partition coefficient (Wildman–Crippen LogP) is 0.982. The number of hydrogen-bond donors (Lipinski definition) is 1. The van der Waals surface area contributed by atoms with Gasteiger partial charge in [-0.05, 0) is 6.92 Å². The summed E-state index contributed by atoms with van der Waals surface area (Å²) < 4.78 is 1.65. The first kappa shape index (κ1) is 12.0. The Kier molecular flexibility index (Phi) is 3.70. The van der Waals surface area contributed by atoms with Gasteiger partial charge in [-0.15, -0.1) is 16.9 Å². The van der Waals surface area contributed by atoms with Crippen molar-refractivity contribution in [3.05, 3.63) is 24.3 Å². The molecule has 0 aliphatic carbocycles. The van der Waals surface area contributed by atoms with Crippen molar-refractivity contribution in [1.29, 1.82) is 0 Å². The fraction of sp³-hybridized carbons (Fsp3) is 0.400. The Hall–Kier alpha value is -1.47. The van der Waals surface area contributed by atoms with Crippen LogP contribution >= 0.6 is 11.8 Å². The van der Waals surface area contributed by atoms with E-state index in [4.69, 9.17) is 5.73 Å². The topological polar surface area (TPSA) is 82.5 Å². The van der Waals surface area contributed by atoms with Gasteiger partial charge in [0.05, 0.1) is 11.9 Å². The van der Waals surface area contributed by atoms with Gasteiger partial charge in [-0.25, -0.2) is 0 Å². The Bertz CT molecular complexity index is 497. The van der Waals surface area contributed by atoms with E-state index in [1.165, 1.54) is 0 Å². The number of hydrogen-bond acceptors (Lipinski definition) is 6. The molecule has 17 heavy (non-hydrogen) atoms. The summed E-state index contributed by atoms with van der Waals surface area (Å²) in [6.07, 6.45) is 5.17. The SMILES string of the molecule is CC(SCN)c1nccnc1-c1cn(C)nn1. The molecule has 0 aliphatic rings. The van der Waals surface area contributed by atoms with Crippen LogP contribution in [0.2, 0.25) is 0 Å². The van der Waals surface area contributed by atoms with Crippen molar-refractivity contribution in [3.63, 3.8) is 0 Å². The number of rotatable bonds is 4. The van der Waals surface area contributed by atoms with Crippen LogP contribution in [-0.4, -0.2) is 30.8 Å². The molecular formula is C10H14N6S. The second-order valence-electron chi connectivity index (χ2n) is 3.54. The summed E-state index contributed by atoms with van der Waals surface area (Å²) in [6.45, 7) is 2.06. The van der Waals surface area contributed by atoms with Crippen LogP contribution in [0.25, 0.3) is 11.4 Å². The average molecular weight is 250 g/mol. The Morgan fingerprint density at radius 1 is 1.41 bits per heavy atom. The van der Waals surface area contributed by atoms with Gasteiger partial charge in [0.25, 0.3) is 0 Å². The highest BCUT2D eigenvalue weighted by atomic mass is 32.2. The van der Waals surface area contributed by atoms with Crippen LogP contribution in [0.5, 0.6) is 0 Å². The average Bonchev–Trinajstić information content (AvgIpc) is 2.76. The molecule has 2 heterocycles. The lowest BCUT2D eigenvalue weighted by molar-refractivity contribution is 0.715. The van der Waals surface area contributed by atoms with Crippen LogP contribution in [0.1, 0.15) is 17.9 Å². The number of nitrogens with zero attached hydrogens (tertiary/aromatic N) is 5. The molecule has 0 saturated carbocycles. The maximum Gasteiger partial charge on any atom is 0.133 e. The molecule has 0 radical (unpaired) electrons. The monoisotopic (exact) mass is 250 g/mol. The molecule has 2 aromatic rings. The molecule has 1 unspecified atom stereocenters.